The average molecular weight is 432 g/mol. The van der Waals surface area contributed by atoms with Crippen molar-refractivity contribution < 1.29 is 27.5 Å². The SMILES string of the molecule is CCOc1ccc(CNS(=O)(=O)c2ccc(N3C(=O)CCC3=O)cc2)cc1OCC. The monoisotopic (exact) mass is 432 g/mol. The van der Waals surface area contributed by atoms with Crippen LogP contribution in [-0.4, -0.2) is 33.4 Å². The number of nitrogens with zero attached hydrogens (tertiary/aromatic N) is 1. The number of ether oxygens (including phenoxy) is 2. The van der Waals surface area contributed by atoms with Gasteiger partial charge in [0.05, 0.1) is 23.8 Å². The quantitative estimate of drug-likeness (QED) is 0.611. The largest absolute Gasteiger partial charge is 0.490 e. The zero-order valence-electron chi connectivity index (χ0n) is 16.9. The molecule has 2 aromatic rings. The van der Waals surface area contributed by atoms with Crippen LogP contribution in [0.2, 0.25) is 0 Å². The van der Waals surface area contributed by atoms with Crippen molar-refractivity contribution in [2.24, 2.45) is 0 Å². The molecule has 0 radical (unpaired) electrons. The molecule has 1 aliphatic rings. The summed E-state index contributed by atoms with van der Waals surface area (Å²) in [6, 6.07) is 10.9. The lowest BCUT2D eigenvalue weighted by Crippen LogP contribution is -2.28. The van der Waals surface area contributed by atoms with Crippen LogP contribution in [-0.2, 0) is 26.2 Å². The van der Waals surface area contributed by atoms with Gasteiger partial charge in [-0.05, 0) is 55.8 Å². The van der Waals surface area contributed by atoms with E-state index < -0.39 is 10.0 Å². The van der Waals surface area contributed by atoms with Crippen molar-refractivity contribution in [3.8, 4) is 11.5 Å². The third-order valence-electron chi connectivity index (χ3n) is 4.53. The number of carbonyl (C=O) groups is 2. The molecule has 2 amide bonds. The summed E-state index contributed by atoms with van der Waals surface area (Å²) in [7, 11) is -3.78. The van der Waals surface area contributed by atoms with Crippen molar-refractivity contribution in [2.45, 2.75) is 38.1 Å². The number of benzene rings is 2. The Labute approximate surface area is 175 Å². The maximum atomic E-state index is 12.6. The first-order valence-electron chi connectivity index (χ1n) is 9.69. The third kappa shape index (κ3) is 4.80. The Morgan fingerprint density at radius 1 is 0.900 bits per heavy atom. The van der Waals surface area contributed by atoms with Crippen LogP contribution in [0.3, 0.4) is 0 Å². The lowest BCUT2D eigenvalue weighted by atomic mass is 10.2. The molecule has 160 valence electrons. The molecule has 1 N–H and O–H groups in total. The van der Waals surface area contributed by atoms with E-state index in [1.165, 1.54) is 24.3 Å². The van der Waals surface area contributed by atoms with Crippen molar-refractivity contribution >= 4 is 27.5 Å². The van der Waals surface area contributed by atoms with E-state index in [4.69, 9.17) is 9.47 Å². The maximum absolute atomic E-state index is 12.6. The van der Waals surface area contributed by atoms with Gasteiger partial charge in [-0.2, -0.15) is 0 Å². The number of amides is 2. The maximum Gasteiger partial charge on any atom is 0.240 e. The summed E-state index contributed by atoms with van der Waals surface area (Å²) in [6.45, 7) is 4.76. The number of rotatable bonds is 9. The van der Waals surface area contributed by atoms with Gasteiger partial charge in [-0.25, -0.2) is 13.1 Å². The molecular weight excluding hydrogens is 408 g/mol. The van der Waals surface area contributed by atoms with E-state index >= 15 is 0 Å². The molecule has 2 aromatic carbocycles. The Bertz CT molecular complexity index is 1020. The van der Waals surface area contributed by atoms with Gasteiger partial charge in [0.1, 0.15) is 0 Å². The highest BCUT2D eigenvalue weighted by Crippen LogP contribution is 2.29. The van der Waals surface area contributed by atoms with Gasteiger partial charge >= 0.3 is 0 Å². The summed E-state index contributed by atoms with van der Waals surface area (Å²) < 4.78 is 38.9. The van der Waals surface area contributed by atoms with Gasteiger partial charge in [0.2, 0.25) is 21.8 Å². The molecule has 9 heteroatoms. The minimum Gasteiger partial charge on any atom is -0.490 e. The van der Waals surface area contributed by atoms with Gasteiger partial charge in [-0.15, -0.1) is 0 Å². The van der Waals surface area contributed by atoms with E-state index in [0.29, 0.717) is 30.4 Å². The van der Waals surface area contributed by atoms with Crippen LogP contribution in [0.25, 0.3) is 0 Å². The molecule has 0 aromatic heterocycles. The molecule has 3 rings (SSSR count). The third-order valence-corrected chi connectivity index (χ3v) is 5.95. The van der Waals surface area contributed by atoms with Crippen molar-refractivity contribution in [3.05, 3.63) is 48.0 Å². The van der Waals surface area contributed by atoms with Gasteiger partial charge in [0.25, 0.3) is 0 Å². The standard InChI is InChI=1S/C21H24N2O6S/c1-3-28-18-10-5-15(13-19(18)29-4-2)14-22-30(26,27)17-8-6-16(7-9-17)23-20(24)11-12-21(23)25/h5-10,13,22H,3-4,11-12,14H2,1-2H3. The predicted molar refractivity (Wildman–Crippen MR) is 111 cm³/mol. The minimum atomic E-state index is -3.78. The zero-order chi connectivity index (χ0) is 21.7. The van der Waals surface area contributed by atoms with E-state index in [1.54, 1.807) is 18.2 Å². The first kappa shape index (κ1) is 21.8. The van der Waals surface area contributed by atoms with Crippen LogP contribution in [0.4, 0.5) is 5.69 Å². The van der Waals surface area contributed by atoms with Gasteiger partial charge in [-0.1, -0.05) is 6.07 Å². The molecule has 1 fully saturated rings. The summed E-state index contributed by atoms with van der Waals surface area (Å²) in [5.74, 6) is 0.594. The van der Waals surface area contributed by atoms with Crippen molar-refractivity contribution in [1.82, 2.24) is 4.72 Å². The summed E-state index contributed by atoms with van der Waals surface area (Å²) in [4.78, 5) is 24.8. The average Bonchev–Trinajstić information content (AvgIpc) is 3.07. The second kappa shape index (κ2) is 9.27. The molecule has 30 heavy (non-hydrogen) atoms. The Balaban J connectivity index is 1.71. The fourth-order valence-corrected chi connectivity index (χ4v) is 4.12. The van der Waals surface area contributed by atoms with Gasteiger partial charge in [0, 0.05) is 19.4 Å². The number of carbonyl (C=O) groups excluding carboxylic acids is 2. The summed E-state index contributed by atoms with van der Waals surface area (Å²) in [6.07, 6.45) is 0.346. The second-order valence-corrected chi connectivity index (χ2v) is 8.36. The molecule has 0 atom stereocenters. The van der Waals surface area contributed by atoms with Crippen LogP contribution >= 0.6 is 0 Å². The number of hydrogen-bond acceptors (Lipinski definition) is 6. The Morgan fingerprint density at radius 3 is 2.10 bits per heavy atom. The summed E-state index contributed by atoms with van der Waals surface area (Å²) >= 11 is 0. The van der Waals surface area contributed by atoms with Gasteiger partial charge < -0.3 is 9.47 Å². The number of hydrogen-bond donors (Lipinski definition) is 1. The highest BCUT2D eigenvalue weighted by Gasteiger charge is 2.30. The molecule has 1 aliphatic heterocycles. The first-order valence-corrected chi connectivity index (χ1v) is 11.2. The first-order chi connectivity index (χ1) is 14.4. The van der Waals surface area contributed by atoms with E-state index in [9.17, 15) is 18.0 Å². The molecule has 0 spiro atoms. The van der Waals surface area contributed by atoms with Crippen LogP contribution < -0.4 is 19.1 Å². The van der Waals surface area contributed by atoms with Crippen LogP contribution in [0.15, 0.2) is 47.4 Å². The number of nitrogens with one attached hydrogen (secondary N) is 1. The van der Waals surface area contributed by atoms with E-state index in [1.807, 2.05) is 13.8 Å². The van der Waals surface area contributed by atoms with Crippen molar-refractivity contribution in [2.75, 3.05) is 18.1 Å². The fourth-order valence-electron chi connectivity index (χ4n) is 3.11. The summed E-state index contributed by atoms with van der Waals surface area (Å²) in [5, 5.41) is 0. The molecule has 1 saturated heterocycles. The fraction of sp³-hybridized carbons (Fsp3) is 0.333. The Morgan fingerprint density at radius 2 is 1.50 bits per heavy atom. The normalized spacial score (nSPS) is 14.3. The highest BCUT2D eigenvalue weighted by molar-refractivity contribution is 7.89. The number of sulfonamides is 1. The lowest BCUT2D eigenvalue weighted by molar-refractivity contribution is -0.121. The number of anilines is 1. The summed E-state index contributed by atoms with van der Waals surface area (Å²) in [5.41, 5.74) is 1.09. The van der Waals surface area contributed by atoms with E-state index in [0.717, 1.165) is 10.5 Å². The molecule has 0 bridgehead atoms. The van der Waals surface area contributed by atoms with Crippen LogP contribution in [0.1, 0.15) is 32.3 Å². The van der Waals surface area contributed by atoms with E-state index in [2.05, 4.69) is 4.72 Å². The Hall–Kier alpha value is -2.91. The lowest BCUT2D eigenvalue weighted by Gasteiger charge is -2.15. The molecule has 0 saturated carbocycles. The number of imide groups is 1. The van der Waals surface area contributed by atoms with E-state index in [-0.39, 0.29) is 36.1 Å². The predicted octanol–water partition coefficient (Wildman–Crippen LogP) is 2.62. The smallest absolute Gasteiger partial charge is 0.240 e. The molecule has 0 unspecified atom stereocenters. The van der Waals surface area contributed by atoms with Gasteiger partial charge in [-0.3, -0.25) is 14.5 Å². The molecular formula is C21H24N2O6S. The molecule has 1 heterocycles. The van der Waals surface area contributed by atoms with Crippen molar-refractivity contribution in [3.63, 3.8) is 0 Å². The van der Waals surface area contributed by atoms with Crippen molar-refractivity contribution in [1.29, 1.82) is 0 Å². The molecule has 8 nitrogen and oxygen atoms in total. The van der Waals surface area contributed by atoms with Gasteiger partial charge in [0.15, 0.2) is 11.5 Å². The second-order valence-electron chi connectivity index (χ2n) is 6.59. The minimum absolute atomic E-state index is 0.0429. The highest BCUT2D eigenvalue weighted by atomic mass is 32.2. The van der Waals surface area contributed by atoms with Crippen LogP contribution in [0, 0.1) is 0 Å². The Kier molecular flexibility index (Phi) is 6.73. The zero-order valence-corrected chi connectivity index (χ0v) is 17.7. The molecule has 0 aliphatic carbocycles. The van der Waals surface area contributed by atoms with Crippen LogP contribution in [0.5, 0.6) is 11.5 Å². The topological polar surface area (TPSA) is 102 Å².